The van der Waals surface area contributed by atoms with E-state index in [2.05, 4.69) is 10.2 Å². The first kappa shape index (κ1) is 9.65. The number of sulfonamides is 1. The lowest BCUT2D eigenvalue weighted by Gasteiger charge is -2.16. The molecule has 0 spiro atoms. The number of H-pyrrole nitrogens is 1. The van der Waals surface area contributed by atoms with Gasteiger partial charge in [0, 0.05) is 11.9 Å². The van der Waals surface area contributed by atoms with Crippen molar-refractivity contribution in [2.45, 2.75) is 6.42 Å². The zero-order valence-corrected chi connectivity index (χ0v) is 9.37. The SMILES string of the molecule is O=S1(=O)CCCN1c1ccc2[nH]ncc2c1. The monoisotopic (exact) mass is 237 g/mol. The van der Waals surface area contributed by atoms with Gasteiger partial charge in [-0.25, -0.2) is 8.42 Å². The summed E-state index contributed by atoms with van der Waals surface area (Å²) >= 11 is 0. The molecule has 1 saturated heterocycles. The molecule has 1 aliphatic heterocycles. The average molecular weight is 237 g/mol. The van der Waals surface area contributed by atoms with Crippen LogP contribution < -0.4 is 4.31 Å². The summed E-state index contributed by atoms with van der Waals surface area (Å²) in [5.74, 6) is 0.246. The molecule has 0 saturated carbocycles. The van der Waals surface area contributed by atoms with Crippen LogP contribution in [0.4, 0.5) is 5.69 Å². The fraction of sp³-hybridized carbons (Fsp3) is 0.300. The van der Waals surface area contributed by atoms with E-state index >= 15 is 0 Å². The van der Waals surface area contributed by atoms with Crippen LogP contribution in [0.3, 0.4) is 0 Å². The second-order valence-electron chi connectivity index (χ2n) is 3.88. The van der Waals surface area contributed by atoms with E-state index in [0.29, 0.717) is 13.0 Å². The summed E-state index contributed by atoms with van der Waals surface area (Å²) in [6.45, 7) is 0.575. The van der Waals surface area contributed by atoms with Gasteiger partial charge in [0.2, 0.25) is 10.0 Å². The highest BCUT2D eigenvalue weighted by atomic mass is 32.2. The molecule has 0 atom stereocenters. The van der Waals surface area contributed by atoms with E-state index in [0.717, 1.165) is 16.6 Å². The van der Waals surface area contributed by atoms with Gasteiger partial charge < -0.3 is 0 Å². The van der Waals surface area contributed by atoms with Crippen molar-refractivity contribution in [1.82, 2.24) is 10.2 Å². The maximum atomic E-state index is 11.7. The minimum atomic E-state index is -3.09. The molecule has 1 N–H and O–H groups in total. The van der Waals surface area contributed by atoms with E-state index in [1.54, 1.807) is 6.20 Å². The highest BCUT2D eigenvalue weighted by Crippen LogP contribution is 2.26. The second-order valence-corrected chi connectivity index (χ2v) is 5.90. The number of hydrogen-bond acceptors (Lipinski definition) is 3. The molecular formula is C10H11N3O2S. The maximum Gasteiger partial charge on any atom is 0.235 e. The Morgan fingerprint density at radius 3 is 3.00 bits per heavy atom. The molecule has 2 aromatic rings. The zero-order valence-electron chi connectivity index (χ0n) is 8.55. The van der Waals surface area contributed by atoms with Crippen LogP contribution in [0.15, 0.2) is 24.4 Å². The van der Waals surface area contributed by atoms with Crippen LogP contribution in [0.5, 0.6) is 0 Å². The molecule has 0 aliphatic carbocycles. The predicted octanol–water partition coefficient (Wildman–Crippen LogP) is 1.10. The van der Waals surface area contributed by atoms with Crippen LogP contribution in [-0.4, -0.2) is 30.9 Å². The fourth-order valence-electron chi connectivity index (χ4n) is 2.01. The number of anilines is 1. The number of nitrogens with one attached hydrogen (secondary N) is 1. The van der Waals surface area contributed by atoms with Crippen LogP contribution in [0.2, 0.25) is 0 Å². The first-order valence-corrected chi connectivity index (χ1v) is 6.71. The second kappa shape index (κ2) is 3.21. The summed E-state index contributed by atoms with van der Waals surface area (Å²) in [5, 5.41) is 7.68. The molecule has 1 aromatic carbocycles. The molecule has 2 heterocycles. The smallest absolute Gasteiger partial charge is 0.235 e. The Balaban J connectivity index is 2.12. The van der Waals surface area contributed by atoms with Gasteiger partial charge in [0.1, 0.15) is 0 Å². The molecule has 1 fully saturated rings. The average Bonchev–Trinajstić information content (AvgIpc) is 2.82. The Bertz CT molecular complexity index is 632. The topological polar surface area (TPSA) is 66.1 Å². The zero-order chi connectivity index (χ0) is 11.2. The van der Waals surface area contributed by atoms with Gasteiger partial charge in [0.25, 0.3) is 0 Å². The Kier molecular flexibility index (Phi) is 1.94. The van der Waals surface area contributed by atoms with E-state index < -0.39 is 10.0 Å². The van der Waals surface area contributed by atoms with E-state index in [1.165, 1.54) is 4.31 Å². The van der Waals surface area contributed by atoms with Crippen molar-refractivity contribution in [3.63, 3.8) is 0 Å². The standard InChI is InChI=1S/C10H11N3O2S/c14-16(15)5-1-4-13(16)9-2-3-10-8(6-9)7-11-12-10/h2-3,6-7H,1,4-5H2,(H,11,12). The molecule has 1 aromatic heterocycles. The maximum absolute atomic E-state index is 11.7. The summed E-state index contributed by atoms with van der Waals surface area (Å²) in [6.07, 6.45) is 2.40. The van der Waals surface area contributed by atoms with Crippen molar-refractivity contribution in [2.24, 2.45) is 0 Å². The lowest BCUT2D eigenvalue weighted by molar-refractivity contribution is 0.599. The van der Waals surface area contributed by atoms with Gasteiger partial charge in [0.05, 0.1) is 23.2 Å². The molecular weight excluding hydrogens is 226 g/mol. The quantitative estimate of drug-likeness (QED) is 0.807. The van der Waals surface area contributed by atoms with Gasteiger partial charge in [-0.1, -0.05) is 0 Å². The van der Waals surface area contributed by atoms with Crippen molar-refractivity contribution in [3.05, 3.63) is 24.4 Å². The molecule has 0 amide bonds. The van der Waals surface area contributed by atoms with Crippen molar-refractivity contribution in [1.29, 1.82) is 0 Å². The third-order valence-corrected chi connectivity index (χ3v) is 4.68. The summed E-state index contributed by atoms with van der Waals surface area (Å²) in [7, 11) is -3.09. The lowest BCUT2D eigenvalue weighted by Crippen LogP contribution is -2.24. The predicted molar refractivity (Wildman–Crippen MR) is 61.8 cm³/mol. The van der Waals surface area contributed by atoms with Gasteiger partial charge in [0.15, 0.2) is 0 Å². The van der Waals surface area contributed by atoms with E-state index in [9.17, 15) is 8.42 Å². The highest BCUT2D eigenvalue weighted by molar-refractivity contribution is 7.93. The van der Waals surface area contributed by atoms with Crippen LogP contribution in [0.25, 0.3) is 10.9 Å². The number of rotatable bonds is 1. The molecule has 0 radical (unpaired) electrons. The molecule has 5 nitrogen and oxygen atoms in total. The third-order valence-electron chi connectivity index (χ3n) is 2.81. The molecule has 84 valence electrons. The minimum Gasteiger partial charge on any atom is -0.278 e. The Morgan fingerprint density at radius 2 is 2.25 bits per heavy atom. The van der Waals surface area contributed by atoms with Crippen molar-refractivity contribution in [3.8, 4) is 0 Å². The van der Waals surface area contributed by atoms with Crippen LogP contribution in [0, 0.1) is 0 Å². The summed E-state index contributed by atoms with van der Waals surface area (Å²) in [6, 6.07) is 5.51. The third kappa shape index (κ3) is 1.37. The summed E-state index contributed by atoms with van der Waals surface area (Å²) < 4.78 is 24.9. The number of hydrogen-bond donors (Lipinski definition) is 1. The number of aromatic amines is 1. The van der Waals surface area contributed by atoms with Crippen LogP contribution in [0.1, 0.15) is 6.42 Å². The minimum absolute atomic E-state index is 0.246. The molecule has 0 bridgehead atoms. The number of fused-ring (bicyclic) bond motifs is 1. The fourth-order valence-corrected chi connectivity index (χ4v) is 3.57. The van der Waals surface area contributed by atoms with Gasteiger partial charge in [-0.05, 0) is 24.6 Å². The van der Waals surface area contributed by atoms with Crippen molar-refractivity contribution >= 4 is 26.6 Å². The number of benzene rings is 1. The van der Waals surface area contributed by atoms with Crippen LogP contribution >= 0.6 is 0 Å². The Morgan fingerprint density at radius 1 is 1.38 bits per heavy atom. The molecule has 6 heteroatoms. The molecule has 0 unspecified atom stereocenters. The van der Waals surface area contributed by atoms with Crippen molar-refractivity contribution in [2.75, 3.05) is 16.6 Å². The Labute approximate surface area is 93.1 Å². The Hall–Kier alpha value is -1.56. The highest BCUT2D eigenvalue weighted by Gasteiger charge is 2.28. The normalized spacial score (nSPS) is 19.4. The molecule has 3 rings (SSSR count). The van der Waals surface area contributed by atoms with E-state index in [4.69, 9.17) is 0 Å². The van der Waals surface area contributed by atoms with E-state index in [-0.39, 0.29) is 5.75 Å². The van der Waals surface area contributed by atoms with Gasteiger partial charge in [-0.3, -0.25) is 9.40 Å². The largest absolute Gasteiger partial charge is 0.278 e. The van der Waals surface area contributed by atoms with E-state index in [1.807, 2.05) is 18.2 Å². The molecule has 1 aliphatic rings. The van der Waals surface area contributed by atoms with Crippen LogP contribution in [-0.2, 0) is 10.0 Å². The van der Waals surface area contributed by atoms with Crippen molar-refractivity contribution < 1.29 is 8.42 Å². The van der Waals surface area contributed by atoms with Gasteiger partial charge in [-0.2, -0.15) is 5.10 Å². The van der Waals surface area contributed by atoms with Gasteiger partial charge >= 0.3 is 0 Å². The number of nitrogens with zero attached hydrogens (tertiary/aromatic N) is 2. The first-order valence-electron chi connectivity index (χ1n) is 5.10. The summed E-state index contributed by atoms with van der Waals surface area (Å²) in [4.78, 5) is 0. The first-order chi connectivity index (χ1) is 7.67. The molecule has 16 heavy (non-hydrogen) atoms. The summed E-state index contributed by atoms with van der Waals surface area (Å²) in [5.41, 5.74) is 1.65. The lowest BCUT2D eigenvalue weighted by atomic mass is 10.2. The van der Waals surface area contributed by atoms with Gasteiger partial charge in [-0.15, -0.1) is 0 Å². The number of aromatic nitrogens is 2.